The number of halogens is 3. The molecule has 34 heavy (non-hydrogen) atoms. The van der Waals surface area contributed by atoms with Gasteiger partial charge in [0, 0.05) is 34.6 Å². The van der Waals surface area contributed by atoms with Crippen molar-refractivity contribution in [3.05, 3.63) is 52.5 Å². The van der Waals surface area contributed by atoms with Crippen LogP contribution in [0.1, 0.15) is 16.1 Å². The first-order chi connectivity index (χ1) is 17.4. The van der Waals surface area contributed by atoms with Crippen LogP contribution in [-0.2, 0) is 32.5 Å². The molecule has 10 nitrogen and oxygen atoms in total. The number of carbonyl (C=O) groups excluding carboxylic acids is 3. The van der Waals surface area contributed by atoms with E-state index < -0.39 is 48.8 Å². The normalized spacial score (nSPS) is 14.4. The lowest BCUT2D eigenvalue weighted by molar-refractivity contribution is -0.150. The molecule has 2 unspecified atom stereocenters. The van der Waals surface area contributed by atoms with E-state index in [1.807, 2.05) is 0 Å². The maximum Gasteiger partial charge on any atom is 0.309 e. The molecule has 0 saturated carbocycles. The van der Waals surface area contributed by atoms with E-state index in [0.29, 0.717) is 16.3 Å². The maximum absolute atomic E-state index is 13.1. The van der Waals surface area contributed by atoms with E-state index in [2.05, 4.69) is 20.7 Å². The second kappa shape index (κ2) is 11.5. The molecule has 180 valence electrons. The quantitative estimate of drug-likeness (QED) is 0.316. The van der Waals surface area contributed by atoms with E-state index in [1.165, 1.54) is 29.3 Å². The molecule has 0 saturated heterocycles. The number of hydrogen-bond donors (Lipinski definition) is 1. The molecule has 2 atom stereocenters. The van der Waals surface area contributed by atoms with E-state index >= 15 is 0 Å². The summed E-state index contributed by atoms with van der Waals surface area (Å²) >= 11 is 17.8. The van der Waals surface area contributed by atoms with Crippen molar-refractivity contribution in [1.29, 1.82) is 0 Å². The Bertz CT molecular complexity index is 1300. The molecule has 1 aromatic carbocycles. The van der Waals surface area contributed by atoms with Gasteiger partial charge < -0.3 is 10.1 Å². The number of amides is 1. The molecule has 0 aliphatic carbocycles. The Hall–Kier alpha value is -2.95. The molecule has 3 rings (SSSR count). The Balaban J connectivity index is 1.87. The summed E-state index contributed by atoms with van der Waals surface area (Å²) in [7, 11) is 1.14. The molecule has 2 aromatic heterocycles. The number of rotatable bonds is 10. The summed E-state index contributed by atoms with van der Waals surface area (Å²) in [5.41, 5.74) is 1.02. The van der Waals surface area contributed by atoms with Crippen LogP contribution in [0.3, 0.4) is 0 Å². The molecular weight excluding hydrogens is 507 g/mol. The lowest BCUT2D eigenvalue weighted by Crippen LogP contribution is -2.36. The minimum absolute atomic E-state index is 0.108. The predicted molar refractivity (Wildman–Crippen MR) is 126 cm³/mol. The number of benzene rings is 1. The molecule has 0 bridgehead atoms. The first kappa shape index (κ1) is 21.6. The van der Waals surface area contributed by atoms with Gasteiger partial charge in [-0.1, -0.05) is 28.4 Å². The Morgan fingerprint density at radius 2 is 2.03 bits per heavy atom. The second-order valence-corrected chi connectivity index (χ2v) is 8.32. The van der Waals surface area contributed by atoms with Crippen molar-refractivity contribution in [2.24, 2.45) is 18.8 Å². The third kappa shape index (κ3) is 6.34. The highest BCUT2D eigenvalue weighted by atomic mass is 35.5. The van der Waals surface area contributed by atoms with Crippen molar-refractivity contribution in [1.82, 2.24) is 24.8 Å². The van der Waals surface area contributed by atoms with Crippen LogP contribution in [0, 0.1) is 11.8 Å². The third-order valence-corrected chi connectivity index (χ3v) is 5.65. The van der Waals surface area contributed by atoms with Crippen molar-refractivity contribution in [2.75, 3.05) is 18.3 Å². The smallest absolute Gasteiger partial charge is 0.309 e. The molecule has 0 fully saturated rings. The van der Waals surface area contributed by atoms with Gasteiger partial charge in [-0.3, -0.25) is 19.1 Å². The summed E-state index contributed by atoms with van der Waals surface area (Å²) in [5.74, 6) is -4.72. The largest absolute Gasteiger partial charge is 0.469 e. The van der Waals surface area contributed by atoms with E-state index in [1.54, 1.807) is 12.1 Å². The zero-order chi connectivity index (χ0) is 27.3. The van der Waals surface area contributed by atoms with Gasteiger partial charge >= 0.3 is 5.97 Å². The van der Waals surface area contributed by atoms with Crippen LogP contribution in [0.4, 0.5) is 5.69 Å². The Morgan fingerprint density at radius 1 is 1.24 bits per heavy atom. The van der Waals surface area contributed by atoms with Crippen LogP contribution in [0.5, 0.6) is 0 Å². The summed E-state index contributed by atoms with van der Waals surface area (Å²) in [4.78, 5) is 38.5. The fourth-order valence-corrected chi connectivity index (χ4v) is 3.91. The Labute approximate surface area is 214 Å². The lowest BCUT2D eigenvalue weighted by atomic mass is 9.82. The van der Waals surface area contributed by atoms with Crippen LogP contribution >= 0.6 is 34.8 Å². The molecule has 0 aliphatic heterocycles. The van der Waals surface area contributed by atoms with Crippen LogP contribution in [0.2, 0.25) is 10.2 Å². The van der Waals surface area contributed by atoms with Crippen molar-refractivity contribution in [3.8, 4) is 5.69 Å². The molecule has 13 heteroatoms. The first-order valence-electron chi connectivity index (χ1n) is 11.3. The highest BCUT2D eigenvalue weighted by molar-refractivity contribution is 6.31. The number of nitrogens with one attached hydrogen (secondary N) is 1. The Morgan fingerprint density at radius 3 is 2.65 bits per heavy atom. The number of ketones is 1. The summed E-state index contributed by atoms with van der Waals surface area (Å²) in [6, 6.07) is 4.64. The molecular formula is C21H21Cl3N6O4. The van der Waals surface area contributed by atoms with E-state index in [0.717, 1.165) is 11.8 Å². The van der Waals surface area contributed by atoms with E-state index in [4.69, 9.17) is 43.7 Å². The lowest BCUT2D eigenvalue weighted by Gasteiger charge is -2.23. The first-order valence-corrected chi connectivity index (χ1v) is 11.1. The van der Waals surface area contributed by atoms with Gasteiger partial charge in [-0.05, 0) is 30.2 Å². The van der Waals surface area contributed by atoms with Crippen molar-refractivity contribution in [2.45, 2.75) is 12.8 Å². The predicted octanol–water partition coefficient (Wildman–Crippen LogP) is 3.09. The van der Waals surface area contributed by atoms with Gasteiger partial charge in [-0.15, -0.1) is 16.7 Å². The summed E-state index contributed by atoms with van der Waals surface area (Å²) in [6.07, 6.45) is 3.40. The van der Waals surface area contributed by atoms with Gasteiger partial charge in [0.1, 0.15) is 0 Å². The number of anilines is 1. The summed E-state index contributed by atoms with van der Waals surface area (Å²) in [5, 5.41) is 14.5. The maximum atomic E-state index is 13.1. The summed E-state index contributed by atoms with van der Waals surface area (Å²) in [6.45, 7) is -2.52. The topological polar surface area (TPSA) is 121 Å². The van der Waals surface area contributed by atoms with Gasteiger partial charge in [0.2, 0.25) is 5.91 Å². The number of carbonyl (C=O) groups is 3. The fraction of sp³-hybridized carbons (Fsp3) is 0.333. The standard InChI is InChI=1S/C21H21Cl3N6O4/c1-29-10-12(9-25-29)5-15(21(33)34-2)14(18(31)8-22)7-20(32)26-16-6-13(23)3-4-17(16)30-11-19(24)27-28-30/h3-4,6,9-11,14-15H,5,7-8H2,1-2H3,(H,26,32)/i1D3. The molecule has 0 spiro atoms. The van der Waals surface area contributed by atoms with Gasteiger partial charge in [0.05, 0.1) is 42.7 Å². The van der Waals surface area contributed by atoms with Crippen LogP contribution in [-0.4, -0.2) is 55.4 Å². The minimum atomic E-state index is -2.52. The van der Waals surface area contributed by atoms with Gasteiger partial charge in [0.25, 0.3) is 0 Å². The highest BCUT2D eigenvalue weighted by Gasteiger charge is 2.36. The second-order valence-electron chi connectivity index (χ2n) is 7.23. The van der Waals surface area contributed by atoms with E-state index in [-0.39, 0.29) is 17.3 Å². The molecule has 2 heterocycles. The monoisotopic (exact) mass is 529 g/mol. The van der Waals surface area contributed by atoms with Crippen LogP contribution < -0.4 is 5.32 Å². The van der Waals surface area contributed by atoms with Crippen molar-refractivity contribution < 1.29 is 23.2 Å². The average molecular weight is 531 g/mol. The SMILES string of the molecule is [2H]C([2H])([2H])n1cc(CC(C(=O)OC)C(CC(=O)Nc2cc(Cl)ccc2-n2cc(Cl)nn2)C(=O)CCl)cn1. The van der Waals surface area contributed by atoms with Crippen molar-refractivity contribution in [3.63, 3.8) is 0 Å². The molecule has 0 radical (unpaired) electrons. The molecule has 1 amide bonds. The number of aryl methyl sites for hydroxylation is 1. The number of Topliss-reactive ketones (excluding diaryl/α,β-unsaturated/α-hetero) is 1. The minimum Gasteiger partial charge on any atom is -0.469 e. The average Bonchev–Trinajstić information content (AvgIpc) is 3.49. The number of hydrogen-bond acceptors (Lipinski definition) is 7. The van der Waals surface area contributed by atoms with Crippen LogP contribution in [0.25, 0.3) is 5.69 Å². The molecule has 3 aromatic rings. The number of aromatic nitrogens is 5. The Kier molecular flexibility index (Phi) is 7.27. The molecule has 1 N–H and O–H groups in total. The van der Waals surface area contributed by atoms with Gasteiger partial charge in [-0.25, -0.2) is 4.68 Å². The fourth-order valence-electron chi connectivity index (χ4n) is 3.41. The molecule has 0 aliphatic rings. The van der Waals surface area contributed by atoms with Crippen LogP contribution in [0.15, 0.2) is 36.8 Å². The van der Waals surface area contributed by atoms with Crippen molar-refractivity contribution >= 4 is 58.1 Å². The number of alkyl halides is 1. The number of methoxy groups -OCH3 is 1. The highest BCUT2D eigenvalue weighted by Crippen LogP contribution is 2.28. The van der Waals surface area contributed by atoms with E-state index in [9.17, 15) is 14.4 Å². The van der Waals surface area contributed by atoms with Gasteiger partial charge in [0.15, 0.2) is 10.9 Å². The number of nitrogens with zero attached hydrogens (tertiary/aromatic N) is 5. The zero-order valence-electron chi connectivity index (χ0n) is 20.7. The summed E-state index contributed by atoms with van der Waals surface area (Å²) < 4.78 is 29.3. The van der Waals surface area contributed by atoms with Gasteiger partial charge in [-0.2, -0.15) is 5.10 Å². The number of ether oxygens (including phenoxy) is 1. The third-order valence-electron chi connectivity index (χ3n) is 4.98. The number of esters is 1. The zero-order valence-corrected chi connectivity index (χ0v) is 20.0.